The van der Waals surface area contributed by atoms with Gasteiger partial charge < -0.3 is 0 Å². The topological polar surface area (TPSA) is 32.7 Å². The van der Waals surface area contributed by atoms with Crippen LogP contribution in [-0.4, -0.2) is 12.1 Å². The molecule has 3 nitrogen and oxygen atoms in total. The van der Waals surface area contributed by atoms with Crippen LogP contribution in [0.25, 0.3) is 0 Å². The Labute approximate surface area is 113 Å². The number of benzene rings is 2. The van der Waals surface area contributed by atoms with Gasteiger partial charge in [0.1, 0.15) is 0 Å². The Morgan fingerprint density at radius 2 is 1.68 bits per heavy atom. The van der Waals surface area contributed by atoms with E-state index in [9.17, 15) is 4.79 Å². The SMILES string of the molecule is C/C=N/N(C(=O)c1ccccc1)c1ccc(C)cc1. The lowest BCUT2D eigenvalue weighted by Gasteiger charge is -2.17. The summed E-state index contributed by atoms with van der Waals surface area (Å²) in [5.74, 6) is -0.137. The van der Waals surface area contributed by atoms with Crippen LogP contribution in [-0.2, 0) is 0 Å². The fourth-order valence-corrected chi connectivity index (χ4v) is 1.74. The Kier molecular flexibility index (Phi) is 4.08. The zero-order valence-corrected chi connectivity index (χ0v) is 11.1. The monoisotopic (exact) mass is 252 g/mol. The Morgan fingerprint density at radius 1 is 1.05 bits per heavy atom. The lowest BCUT2D eigenvalue weighted by Crippen LogP contribution is -2.25. The minimum atomic E-state index is -0.137. The molecule has 0 spiro atoms. The molecule has 0 bridgehead atoms. The first kappa shape index (κ1) is 13.0. The molecule has 0 aliphatic rings. The van der Waals surface area contributed by atoms with Gasteiger partial charge in [0.15, 0.2) is 0 Å². The maximum atomic E-state index is 12.4. The van der Waals surface area contributed by atoms with Crippen molar-refractivity contribution in [2.24, 2.45) is 5.10 Å². The van der Waals surface area contributed by atoms with E-state index in [0.29, 0.717) is 5.56 Å². The van der Waals surface area contributed by atoms with Gasteiger partial charge in [0.05, 0.1) is 5.69 Å². The van der Waals surface area contributed by atoms with E-state index in [0.717, 1.165) is 11.3 Å². The zero-order valence-electron chi connectivity index (χ0n) is 11.1. The Morgan fingerprint density at radius 3 is 2.26 bits per heavy atom. The molecule has 0 aliphatic carbocycles. The summed E-state index contributed by atoms with van der Waals surface area (Å²) in [6.07, 6.45) is 1.61. The highest BCUT2D eigenvalue weighted by atomic mass is 16.2. The molecule has 2 rings (SSSR count). The Balaban J connectivity index is 2.35. The van der Waals surface area contributed by atoms with Crippen molar-refractivity contribution in [2.75, 3.05) is 5.01 Å². The molecule has 0 unspecified atom stereocenters. The number of aryl methyl sites for hydroxylation is 1. The highest BCUT2D eigenvalue weighted by molar-refractivity contribution is 6.06. The number of nitrogens with zero attached hydrogens (tertiary/aromatic N) is 2. The smallest absolute Gasteiger partial charge is 0.267 e. The van der Waals surface area contributed by atoms with Crippen molar-refractivity contribution in [3.63, 3.8) is 0 Å². The van der Waals surface area contributed by atoms with Gasteiger partial charge in [-0.3, -0.25) is 4.79 Å². The van der Waals surface area contributed by atoms with Crippen LogP contribution in [0.2, 0.25) is 0 Å². The minimum absolute atomic E-state index is 0.137. The molecule has 96 valence electrons. The van der Waals surface area contributed by atoms with Gasteiger partial charge in [-0.25, -0.2) is 0 Å². The third-order valence-electron chi connectivity index (χ3n) is 2.72. The number of anilines is 1. The summed E-state index contributed by atoms with van der Waals surface area (Å²) >= 11 is 0. The predicted molar refractivity (Wildman–Crippen MR) is 78.6 cm³/mol. The highest BCUT2D eigenvalue weighted by Crippen LogP contribution is 2.18. The van der Waals surface area contributed by atoms with Crippen molar-refractivity contribution in [1.29, 1.82) is 0 Å². The van der Waals surface area contributed by atoms with Crippen LogP contribution in [0.5, 0.6) is 0 Å². The minimum Gasteiger partial charge on any atom is -0.267 e. The first-order chi connectivity index (χ1) is 9.22. The van der Waals surface area contributed by atoms with Crippen LogP contribution in [0.4, 0.5) is 5.69 Å². The lowest BCUT2D eigenvalue weighted by molar-refractivity contribution is 0.0988. The molecule has 0 aliphatic heterocycles. The van der Waals surface area contributed by atoms with Crippen molar-refractivity contribution < 1.29 is 4.79 Å². The second kappa shape index (κ2) is 5.96. The second-order valence-corrected chi connectivity index (χ2v) is 4.19. The van der Waals surface area contributed by atoms with Gasteiger partial charge in [-0.15, -0.1) is 0 Å². The summed E-state index contributed by atoms with van der Waals surface area (Å²) in [5, 5.41) is 5.57. The molecule has 0 fully saturated rings. The summed E-state index contributed by atoms with van der Waals surface area (Å²) in [6, 6.07) is 16.9. The number of hydrazone groups is 1. The summed E-state index contributed by atoms with van der Waals surface area (Å²) in [6.45, 7) is 3.80. The van der Waals surface area contributed by atoms with E-state index in [2.05, 4.69) is 5.10 Å². The molecule has 0 heterocycles. The van der Waals surface area contributed by atoms with E-state index < -0.39 is 0 Å². The maximum absolute atomic E-state index is 12.4. The number of carbonyl (C=O) groups excluding carboxylic acids is 1. The second-order valence-electron chi connectivity index (χ2n) is 4.19. The summed E-state index contributed by atoms with van der Waals surface area (Å²) in [4.78, 5) is 12.4. The van der Waals surface area contributed by atoms with Gasteiger partial charge in [-0.1, -0.05) is 35.9 Å². The first-order valence-electron chi connectivity index (χ1n) is 6.17. The van der Waals surface area contributed by atoms with Crippen molar-refractivity contribution >= 4 is 17.8 Å². The molecule has 2 aromatic rings. The van der Waals surface area contributed by atoms with E-state index >= 15 is 0 Å². The van der Waals surface area contributed by atoms with Crippen LogP contribution in [0.1, 0.15) is 22.8 Å². The molecule has 3 heteroatoms. The summed E-state index contributed by atoms with van der Waals surface area (Å²) < 4.78 is 0. The molecule has 0 saturated heterocycles. The zero-order chi connectivity index (χ0) is 13.7. The number of hydrogen-bond acceptors (Lipinski definition) is 2. The fraction of sp³-hybridized carbons (Fsp3) is 0.125. The Hall–Kier alpha value is -2.42. The molecule has 2 aromatic carbocycles. The van der Waals surface area contributed by atoms with Crippen LogP contribution in [0.15, 0.2) is 59.7 Å². The molecular weight excluding hydrogens is 236 g/mol. The van der Waals surface area contributed by atoms with E-state index in [1.807, 2.05) is 49.4 Å². The van der Waals surface area contributed by atoms with Crippen molar-refractivity contribution in [3.8, 4) is 0 Å². The third-order valence-corrected chi connectivity index (χ3v) is 2.72. The van der Waals surface area contributed by atoms with Gasteiger partial charge >= 0.3 is 0 Å². The fourth-order valence-electron chi connectivity index (χ4n) is 1.74. The summed E-state index contributed by atoms with van der Waals surface area (Å²) in [7, 11) is 0. The molecular formula is C16H16N2O. The third kappa shape index (κ3) is 3.07. The lowest BCUT2D eigenvalue weighted by atomic mass is 10.2. The average molecular weight is 252 g/mol. The summed E-state index contributed by atoms with van der Waals surface area (Å²) in [5.41, 5.74) is 2.53. The van der Waals surface area contributed by atoms with Gasteiger partial charge in [0.25, 0.3) is 5.91 Å². The largest absolute Gasteiger partial charge is 0.278 e. The number of amides is 1. The normalized spacial score (nSPS) is 10.6. The number of hydrogen-bond donors (Lipinski definition) is 0. The van der Waals surface area contributed by atoms with E-state index in [1.165, 1.54) is 5.01 Å². The van der Waals surface area contributed by atoms with E-state index in [4.69, 9.17) is 0 Å². The molecule has 1 amide bonds. The van der Waals surface area contributed by atoms with Crippen LogP contribution >= 0.6 is 0 Å². The van der Waals surface area contributed by atoms with Crippen LogP contribution < -0.4 is 5.01 Å². The average Bonchev–Trinajstić information content (AvgIpc) is 2.46. The first-order valence-corrected chi connectivity index (χ1v) is 6.17. The molecule has 0 radical (unpaired) electrons. The highest BCUT2D eigenvalue weighted by Gasteiger charge is 2.16. The maximum Gasteiger partial charge on any atom is 0.278 e. The Bertz CT molecular complexity index is 573. The van der Waals surface area contributed by atoms with E-state index in [-0.39, 0.29) is 5.91 Å². The number of carbonyl (C=O) groups is 1. The van der Waals surface area contributed by atoms with Gasteiger partial charge in [-0.2, -0.15) is 10.1 Å². The van der Waals surface area contributed by atoms with Gasteiger partial charge in [-0.05, 0) is 38.1 Å². The molecule has 19 heavy (non-hydrogen) atoms. The van der Waals surface area contributed by atoms with Crippen LogP contribution in [0, 0.1) is 6.92 Å². The van der Waals surface area contributed by atoms with Gasteiger partial charge in [0, 0.05) is 11.8 Å². The molecule has 0 N–H and O–H groups in total. The van der Waals surface area contributed by atoms with Crippen molar-refractivity contribution in [1.82, 2.24) is 0 Å². The van der Waals surface area contributed by atoms with E-state index in [1.54, 1.807) is 25.3 Å². The predicted octanol–water partition coefficient (Wildman–Crippen LogP) is 3.65. The molecule has 0 atom stereocenters. The van der Waals surface area contributed by atoms with Gasteiger partial charge in [0.2, 0.25) is 0 Å². The quantitative estimate of drug-likeness (QED) is 0.606. The molecule has 0 aromatic heterocycles. The number of rotatable bonds is 3. The molecule has 0 saturated carbocycles. The van der Waals surface area contributed by atoms with Crippen molar-refractivity contribution in [2.45, 2.75) is 13.8 Å². The van der Waals surface area contributed by atoms with Crippen molar-refractivity contribution in [3.05, 3.63) is 65.7 Å². The standard InChI is InChI=1S/C16H16N2O/c1-3-17-18(15-11-9-13(2)10-12-15)16(19)14-7-5-4-6-8-14/h3-12H,1-2H3/b17-3+. The van der Waals surface area contributed by atoms with Crippen LogP contribution in [0.3, 0.4) is 0 Å².